The molecule has 102 valence electrons. The van der Waals surface area contributed by atoms with Gasteiger partial charge in [-0.2, -0.15) is 0 Å². The number of hydrogen-bond acceptors (Lipinski definition) is 3. The molecule has 0 saturated carbocycles. The SMILES string of the molecule is CCn1cncc1COc1ccc(CNC)cc1F. The van der Waals surface area contributed by atoms with E-state index in [0.717, 1.165) is 17.8 Å². The Balaban J connectivity index is 2.03. The Kier molecular flexibility index (Phi) is 4.52. The van der Waals surface area contributed by atoms with Crippen LogP contribution in [0.25, 0.3) is 0 Å². The molecule has 4 nitrogen and oxygen atoms in total. The van der Waals surface area contributed by atoms with E-state index in [1.54, 1.807) is 18.6 Å². The van der Waals surface area contributed by atoms with E-state index in [0.29, 0.717) is 13.2 Å². The van der Waals surface area contributed by atoms with Crippen molar-refractivity contribution in [1.29, 1.82) is 0 Å². The molecule has 1 aromatic heterocycles. The van der Waals surface area contributed by atoms with Gasteiger partial charge in [-0.3, -0.25) is 0 Å². The quantitative estimate of drug-likeness (QED) is 0.869. The molecule has 19 heavy (non-hydrogen) atoms. The molecule has 0 aliphatic heterocycles. The number of hydrogen-bond donors (Lipinski definition) is 1. The number of nitrogens with zero attached hydrogens (tertiary/aromatic N) is 2. The van der Waals surface area contributed by atoms with Gasteiger partial charge in [0, 0.05) is 13.1 Å². The van der Waals surface area contributed by atoms with Crippen molar-refractivity contribution in [2.24, 2.45) is 0 Å². The van der Waals surface area contributed by atoms with Gasteiger partial charge in [0.25, 0.3) is 0 Å². The first kappa shape index (κ1) is 13.5. The van der Waals surface area contributed by atoms with Crippen molar-refractivity contribution in [3.63, 3.8) is 0 Å². The van der Waals surface area contributed by atoms with Gasteiger partial charge in [-0.1, -0.05) is 6.07 Å². The second-order valence-electron chi connectivity index (χ2n) is 4.25. The van der Waals surface area contributed by atoms with E-state index < -0.39 is 0 Å². The molecule has 1 heterocycles. The molecular weight excluding hydrogens is 245 g/mol. The van der Waals surface area contributed by atoms with Crippen LogP contribution in [0.2, 0.25) is 0 Å². The summed E-state index contributed by atoms with van der Waals surface area (Å²) in [6, 6.07) is 5.00. The molecule has 0 aliphatic rings. The summed E-state index contributed by atoms with van der Waals surface area (Å²) in [6.45, 7) is 3.80. The van der Waals surface area contributed by atoms with Crippen molar-refractivity contribution in [3.8, 4) is 5.75 Å². The number of rotatable bonds is 6. The van der Waals surface area contributed by atoms with Gasteiger partial charge in [0.2, 0.25) is 0 Å². The van der Waals surface area contributed by atoms with E-state index in [-0.39, 0.29) is 11.6 Å². The molecule has 0 aliphatic carbocycles. The second-order valence-corrected chi connectivity index (χ2v) is 4.25. The number of ether oxygens (including phenoxy) is 1. The Morgan fingerprint density at radius 3 is 2.95 bits per heavy atom. The number of aromatic nitrogens is 2. The predicted octanol–water partition coefficient (Wildman–Crippen LogP) is 2.34. The number of benzene rings is 1. The largest absolute Gasteiger partial charge is 0.484 e. The molecule has 2 aromatic rings. The average molecular weight is 263 g/mol. The summed E-state index contributed by atoms with van der Waals surface area (Å²) in [5.74, 6) is -0.0704. The lowest BCUT2D eigenvalue weighted by molar-refractivity contribution is 0.280. The monoisotopic (exact) mass is 263 g/mol. The third-order valence-electron chi connectivity index (χ3n) is 2.89. The van der Waals surface area contributed by atoms with Crippen molar-refractivity contribution in [3.05, 3.63) is 47.8 Å². The third kappa shape index (κ3) is 3.32. The fraction of sp³-hybridized carbons (Fsp3) is 0.357. The molecule has 0 fully saturated rings. The van der Waals surface area contributed by atoms with Crippen LogP contribution in [0.1, 0.15) is 18.2 Å². The first-order valence-electron chi connectivity index (χ1n) is 6.29. The predicted molar refractivity (Wildman–Crippen MR) is 71.4 cm³/mol. The summed E-state index contributed by atoms with van der Waals surface area (Å²) in [4.78, 5) is 4.05. The van der Waals surface area contributed by atoms with E-state index in [2.05, 4.69) is 10.3 Å². The number of nitrogens with one attached hydrogen (secondary N) is 1. The highest BCUT2D eigenvalue weighted by atomic mass is 19.1. The van der Waals surface area contributed by atoms with Crippen LogP contribution in [-0.2, 0) is 19.7 Å². The number of aryl methyl sites for hydroxylation is 1. The fourth-order valence-electron chi connectivity index (χ4n) is 1.88. The van der Waals surface area contributed by atoms with Crippen LogP contribution in [0.5, 0.6) is 5.75 Å². The van der Waals surface area contributed by atoms with Crippen molar-refractivity contribution >= 4 is 0 Å². The highest BCUT2D eigenvalue weighted by Gasteiger charge is 2.07. The Hall–Kier alpha value is -1.88. The van der Waals surface area contributed by atoms with Crippen LogP contribution in [0.3, 0.4) is 0 Å². The van der Waals surface area contributed by atoms with E-state index in [1.165, 1.54) is 6.07 Å². The Labute approximate surface area is 112 Å². The molecule has 0 spiro atoms. The molecule has 0 unspecified atom stereocenters. The topological polar surface area (TPSA) is 39.1 Å². The molecular formula is C14H18FN3O. The van der Waals surface area contributed by atoms with E-state index in [1.807, 2.05) is 24.6 Å². The summed E-state index contributed by atoms with van der Waals surface area (Å²) in [6.07, 6.45) is 3.47. The lowest BCUT2D eigenvalue weighted by Crippen LogP contribution is -2.07. The van der Waals surface area contributed by atoms with Crippen molar-refractivity contribution in [2.75, 3.05) is 7.05 Å². The van der Waals surface area contributed by atoms with Crippen molar-refractivity contribution in [1.82, 2.24) is 14.9 Å². The summed E-state index contributed by atoms with van der Waals surface area (Å²) >= 11 is 0. The summed E-state index contributed by atoms with van der Waals surface area (Å²) in [5.41, 5.74) is 1.83. The fourth-order valence-corrected chi connectivity index (χ4v) is 1.88. The van der Waals surface area contributed by atoms with Gasteiger partial charge >= 0.3 is 0 Å². The molecule has 0 radical (unpaired) electrons. The minimum Gasteiger partial charge on any atom is -0.484 e. The third-order valence-corrected chi connectivity index (χ3v) is 2.89. The van der Waals surface area contributed by atoms with Crippen LogP contribution in [0.15, 0.2) is 30.7 Å². The van der Waals surface area contributed by atoms with Crippen molar-refractivity contribution < 1.29 is 9.13 Å². The highest BCUT2D eigenvalue weighted by Crippen LogP contribution is 2.19. The van der Waals surface area contributed by atoms with Crippen LogP contribution in [0, 0.1) is 5.82 Å². The summed E-state index contributed by atoms with van der Waals surface area (Å²) in [7, 11) is 1.83. The first-order valence-corrected chi connectivity index (χ1v) is 6.29. The van der Waals surface area contributed by atoms with Gasteiger partial charge in [-0.05, 0) is 31.7 Å². The molecule has 0 atom stereocenters. The molecule has 2 rings (SSSR count). The van der Waals surface area contributed by atoms with Crippen LogP contribution >= 0.6 is 0 Å². The summed E-state index contributed by atoms with van der Waals surface area (Å²) < 4.78 is 21.3. The van der Waals surface area contributed by atoms with Crippen LogP contribution in [0.4, 0.5) is 4.39 Å². The van der Waals surface area contributed by atoms with Crippen LogP contribution in [-0.4, -0.2) is 16.6 Å². The lowest BCUT2D eigenvalue weighted by atomic mass is 10.2. The number of halogens is 1. The zero-order chi connectivity index (χ0) is 13.7. The smallest absolute Gasteiger partial charge is 0.165 e. The zero-order valence-corrected chi connectivity index (χ0v) is 11.2. The Morgan fingerprint density at radius 2 is 2.26 bits per heavy atom. The summed E-state index contributed by atoms with van der Waals surface area (Å²) in [5, 5.41) is 2.98. The molecule has 1 aromatic carbocycles. The minimum absolute atomic E-state index is 0.267. The molecule has 5 heteroatoms. The standard InChI is InChI=1S/C14H18FN3O/c1-3-18-10-17-8-12(18)9-19-14-5-4-11(7-16-2)6-13(14)15/h4-6,8,10,16H,3,7,9H2,1-2H3. The molecule has 0 bridgehead atoms. The Bertz CT molecular complexity index is 539. The average Bonchev–Trinajstić information content (AvgIpc) is 2.85. The number of imidazole rings is 1. The zero-order valence-electron chi connectivity index (χ0n) is 11.2. The second kappa shape index (κ2) is 6.33. The van der Waals surface area contributed by atoms with Gasteiger partial charge in [-0.25, -0.2) is 9.37 Å². The lowest BCUT2D eigenvalue weighted by Gasteiger charge is -2.10. The molecule has 1 N–H and O–H groups in total. The van der Waals surface area contributed by atoms with Crippen molar-refractivity contribution in [2.45, 2.75) is 26.6 Å². The van der Waals surface area contributed by atoms with Crippen LogP contribution < -0.4 is 10.1 Å². The van der Waals surface area contributed by atoms with Gasteiger partial charge < -0.3 is 14.6 Å². The maximum Gasteiger partial charge on any atom is 0.165 e. The normalized spacial score (nSPS) is 10.7. The minimum atomic E-state index is -0.338. The highest BCUT2D eigenvalue weighted by molar-refractivity contribution is 5.29. The maximum atomic E-state index is 13.8. The van der Waals surface area contributed by atoms with Gasteiger partial charge in [0.05, 0.1) is 18.2 Å². The van der Waals surface area contributed by atoms with Gasteiger partial charge in [-0.15, -0.1) is 0 Å². The van der Waals surface area contributed by atoms with Gasteiger partial charge in [0.1, 0.15) is 6.61 Å². The first-order chi connectivity index (χ1) is 9.24. The van der Waals surface area contributed by atoms with E-state index in [9.17, 15) is 4.39 Å². The van der Waals surface area contributed by atoms with Gasteiger partial charge in [0.15, 0.2) is 11.6 Å². The molecule has 0 amide bonds. The molecule has 0 saturated heterocycles. The van der Waals surface area contributed by atoms with E-state index in [4.69, 9.17) is 4.74 Å². The van der Waals surface area contributed by atoms with E-state index >= 15 is 0 Å². The Morgan fingerprint density at radius 1 is 1.42 bits per heavy atom. The maximum absolute atomic E-state index is 13.8.